The smallest absolute Gasteiger partial charge is 0.333 e. The Kier molecular flexibility index (Phi) is 6.94. The van der Waals surface area contributed by atoms with E-state index in [1.54, 1.807) is 12.1 Å². The number of nitrogens with one attached hydrogen (secondary N) is 1. The van der Waals surface area contributed by atoms with Crippen molar-refractivity contribution in [3.05, 3.63) is 86.3 Å². The first-order valence-corrected chi connectivity index (χ1v) is 10.5. The van der Waals surface area contributed by atoms with E-state index in [9.17, 15) is 23.9 Å². The molecule has 0 saturated heterocycles. The summed E-state index contributed by atoms with van der Waals surface area (Å²) in [6.45, 7) is 1.93. The lowest BCUT2D eigenvalue weighted by atomic mass is 10.2. The number of aliphatic imine (C=N–C) groups is 1. The summed E-state index contributed by atoms with van der Waals surface area (Å²) in [7, 11) is 2.59. The molecule has 32 heavy (non-hydrogen) atoms. The normalized spacial score (nSPS) is 11.4. The Bertz CT molecular complexity index is 1300. The third kappa shape index (κ3) is 5.14. The summed E-state index contributed by atoms with van der Waals surface area (Å²) in [4.78, 5) is 41.6. The quantitative estimate of drug-likeness (QED) is 0.454. The molecule has 1 amide bonds. The maximum absolute atomic E-state index is 13.3. The molecule has 0 bridgehead atoms. The average molecular weight is 456 g/mol. The van der Waals surface area contributed by atoms with E-state index in [-0.39, 0.29) is 22.3 Å². The van der Waals surface area contributed by atoms with Gasteiger partial charge in [0.25, 0.3) is 5.56 Å². The van der Waals surface area contributed by atoms with Gasteiger partial charge in [-0.2, -0.15) is 0 Å². The summed E-state index contributed by atoms with van der Waals surface area (Å²) in [5.41, 5.74) is 0.263. The van der Waals surface area contributed by atoms with Crippen LogP contribution in [0.2, 0.25) is 0 Å². The van der Waals surface area contributed by atoms with Crippen LogP contribution in [-0.2, 0) is 18.9 Å². The van der Waals surface area contributed by atoms with Gasteiger partial charge in [0.1, 0.15) is 16.4 Å². The third-order valence-corrected chi connectivity index (χ3v) is 5.56. The molecule has 166 valence electrons. The van der Waals surface area contributed by atoms with E-state index in [2.05, 4.69) is 10.3 Å². The molecular weight excluding hydrogens is 435 g/mol. The number of anilines is 1. The zero-order valence-electron chi connectivity index (χ0n) is 17.6. The molecule has 1 aromatic heterocycles. The van der Waals surface area contributed by atoms with Crippen LogP contribution in [0.4, 0.5) is 15.8 Å². The van der Waals surface area contributed by atoms with Crippen molar-refractivity contribution in [3.63, 3.8) is 0 Å². The van der Waals surface area contributed by atoms with Crippen molar-refractivity contribution in [1.29, 1.82) is 0 Å². The van der Waals surface area contributed by atoms with Gasteiger partial charge in [-0.05, 0) is 43.3 Å². The first-order chi connectivity index (χ1) is 15.2. The van der Waals surface area contributed by atoms with Crippen molar-refractivity contribution in [2.75, 3.05) is 11.1 Å². The number of nitrogens with zero attached hydrogens (tertiary/aromatic N) is 3. The number of aryl methyl sites for hydroxylation is 1. The highest BCUT2D eigenvalue weighted by Crippen LogP contribution is 2.23. The SMILES string of the molecule is Cc1ccc(NC(=O)CSC(=Nc2ccc(F)cc2)c2c(O)n(C)c(=O)n(C)c2=O)cc1. The molecular formula is C22H21FN4O4S. The van der Waals surface area contributed by atoms with Crippen LogP contribution < -0.4 is 16.6 Å². The summed E-state index contributed by atoms with van der Waals surface area (Å²) in [6, 6.07) is 12.4. The van der Waals surface area contributed by atoms with Gasteiger partial charge >= 0.3 is 5.69 Å². The van der Waals surface area contributed by atoms with Crippen LogP contribution >= 0.6 is 11.8 Å². The molecule has 0 atom stereocenters. The molecule has 1 heterocycles. The fourth-order valence-corrected chi connectivity index (χ4v) is 3.61. The Morgan fingerprint density at radius 2 is 1.69 bits per heavy atom. The van der Waals surface area contributed by atoms with Crippen molar-refractivity contribution < 1.29 is 14.3 Å². The van der Waals surface area contributed by atoms with Gasteiger partial charge < -0.3 is 10.4 Å². The zero-order valence-corrected chi connectivity index (χ0v) is 18.4. The zero-order chi connectivity index (χ0) is 23.4. The lowest BCUT2D eigenvalue weighted by molar-refractivity contribution is -0.113. The van der Waals surface area contributed by atoms with Crippen LogP contribution in [0.5, 0.6) is 5.88 Å². The van der Waals surface area contributed by atoms with E-state index in [1.807, 2.05) is 19.1 Å². The molecule has 0 aliphatic heterocycles. The van der Waals surface area contributed by atoms with Gasteiger partial charge in [0.2, 0.25) is 11.8 Å². The second kappa shape index (κ2) is 9.65. The topological polar surface area (TPSA) is 106 Å². The van der Waals surface area contributed by atoms with Gasteiger partial charge in [-0.15, -0.1) is 0 Å². The summed E-state index contributed by atoms with van der Waals surface area (Å²) in [5, 5.41) is 13.3. The highest BCUT2D eigenvalue weighted by atomic mass is 32.2. The Balaban J connectivity index is 1.96. The molecule has 2 aromatic carbocycles. The van der Waals surface area contributed by atoms with E-state index in [0.29, 0.717) is 11.4 Å². The van der Waals surface area contributed by atoms with Crippen LogP contribution in [0.1, 0.15) is 11.1 Å². The number of halogens is 1. The summed E-state index contributed by atoms with van der Waals surface area (Å²) >= 11 is 0.911. The van der Waals surface area contributed by atoms with Gasteiger partial charge in [0.05, 0.1) is 11.4 Å². The maximum Gasteiger partial charge on any atom is 0.333 e. The van der Waals surface area contributed by atoms with Gasteiger partial charge in [0, 0.05) is 19.8 Å². The van der Waals surface area contributed by atoms with Crippen LogP contribution in [-0.4, -0.2) is 30.9 Å². The van der Waals surface area contributed by atoms with Gasteiger partial charge in [-0.25, -0.2) is 14.2 Å². The molecule has 10 heteroatoms. The van der Waals surface area contributed by atoms with E-state index >= 15 is 0 Å². The Morgan fingerprint density at radius 3 is 2.31 bits per heavy atom. The Labute approximate surface area is 187 Å². The summed E-state index contributed by atoms with van der Waals surface area (Å²) < 4.78 is 15.0. The van der Waals surface area contributed by atoms with Crippen molar-refractivity contribution in [3.8, 4) is 5.88 Å². The number of carbonyl (C=O) groups is 1. The largest absolute Gasteiger partial charge is 0.494 e. The number of rotatable bonds is 5. The molecule has 0 spiro atoms. The van der Waals surface area contributed by atoms with Gasteiger partial charge in [-0.3, -0.25) is 18.7 Å². The van der Waals surface area contributed by atoms with Crippen molar-refractivity contribution in [2.45, 2.75) is 6.92 Å². The van der Waals surface area contributed by atoms with Crippen LogP contribution in [0.3, 0.4) is 0 Å². The van der Waals surface area contributed by atoms with Crippen LogP contribution in [0.15, 0.2) is 63.1 Å². The number of aromatic nitrogens is 2. The lowest BCUT2D eigenvalue weighted by Gasteiger charge is -2.12. The number of hydrogen-bond donors (Lipinski definition) is 2. The van der Waals surface area contributed by atoms with E-state index < -0.39 is 22.9 Å². The first-order valence-electron chi connectivity index (χ1n) is 9.50. The number of carbonyl (C=O) groups excluding carboxylic acids is 1. The lowest BCUT2D eigenvalue weighted by Crippen LogP contribution is -2.39. The van der Waals surface area contributed by atoms with Gasteiger partial charge in [0.15, 0.2) is 0 Å². The van der Waals surface area contributed by atoms with Crippen LogP contribution in [0.25, 0.3) is 0 Å². The maximum atomic E-state index is 13.3. The standard InChI is InChI=1S/C22H21FN4O4S/c1-13-4-8-15(9-5-13)24-17(28)12-32-19(25-16-10-6-14(23)7-11-16)18-20(29)26(2)22(31)27(3)21(18)30/h4-11,29H,12H2,1-3H3,(H,24,28). The molecule has 0 aliphatic carbocycles. The number of benzene rings is 2. The average Bonchev–Trinajstić information content (AvgIpc) is 2.77. The second-order valence-electron chi connectivity index (χ2n) is 7.00. The summed E-state index contributed by atoms with van der Waals surface area (Å²) in [5.74, 6) is -1.52. The minimum Gasteiger partial charge on any atom is -0.494 e. The van der Waals surface area contributed by atoms with E-state index in [1.165, 1.54) is 38.4 Å². The summed E-state index contributed by atoms with van der Waals surface area (Å²) in [6.07, 6.45) is 0. The fraction of sp³-hybridized carbons (Fsp3) is 0.182. The molecule has 0 unspecified atom stereocenters. The van der Waals surface area contributed by atoms with E-state index in [0.717, 1.165) is 26.5 Å². The molecule has 0 fully saturated rings. The van der Waals surface area contributed by atoms with Crippen molar-refractivity contribution in [1.82, 2.24) is 9.13 Å². The predicted molar refractivity (Wildman–Crippen MR) is 123 cm³/mol. The monoisotopic (exact) mass is 456 g/mol. The van der Waals surface area contributed by atoms with Crippen LogP contribution in [0, 0.1) is 12.7 Å². The molecule has 3 aromatic rings. The highest BCUT2D eigenvalue weighted by Gasteiger charge is 2.22. The van der Waals surface area contributed by atoms with Crippen molar-refractivity contribution in [2.24, 2.45) is 19.1 Å². The molecule has 0 saturated carbocycles. The second-order valence-corrected chi connectivity index (χ2v) is 7.96. The number of thioether (sulfide) groups is 1. The van der Waals surface area contributed by atoms with E-state index in [4.69, 9.17) is 0 Å². The molecule has 0 radical (unpaired) electrons. The Morgan fingerprint density at radius 1 is 1.06 bits per heavy atom. The molecule has 0 aliphatic rings. The molecule has 2 N–H and O–H groups in total. The Hall–Kier alpha value is -3.66. The molecule has 3 rings (SSSR count). The highest BCUT2D eigenvalue weighted by molar-refractivity contribution is 8.15. The first kappa shape index (κ1) is 23.0. The number of hydrogen-bond acceptors (Lipinski definition) is 6. The minimum absolute atomic E-state index is 0.0179. The molecule has 8 nitrogen and oxygen atoms in total. The fourth-order valence-electron chi connectivity index (χ4n) is 2.78. The number of aromatic hydroxyl groups is 1. The van der Waals surface area contributed by atoms with Gasteiger partial charge in [-0.1, -0.05) is 29.5 Å². The predicted octanol–water partition coefficient (Wildman–Crippen LogP) is 2.69. The van der Waals surface area contributed by atoms with Crippen molar-refractivity contribution >= 4 is 34.1 Å². The minimum atomic E-state index is -0.766. The third-order valence-electron chi connectivity index (χ3n) is 4.58. The number of amides is 1.